The van der Waals surface area contributed by atoms with Crippen molar-refractivity contribution in [3.8, 4) is 0 Å². The Morgan fingerprint density at radius 3 is 2.58 bits per heavy atom. The number of benzene rings is 1. The maximum atomic E-state index is 9.32. The van der Waals surface area contributed by atoms with E-state index in [1.54, 1.807) is 6.07 Å². The molecule has 0 aliphatic carbocycles. The molecule has 0 amide bonds. The van der Waals surface area contributed by atoms with E-state index in [0.29, 0.717) is 10.0 Å². The zero-order valence-corrected chi connectivity index (χ0v) is 13.2. The Balaban J connectivity index is 2.66. The number of nitrogens with zero attached hydrogens (tertiary/aromatic N) is 1. The lowest BCUT2D eigenvalue weighted by molar-refractivity contribution is 0.0767. The number of hydrogen-bond donors (Lipinski definition) is 2. The van der Waals surface area contributed by atoms with Crippen LogP contribution >= 0.6 is 23.2 Å². The molecule has 0 saturated heterocycles. The van der Waals surface area contributed by atoms with Gasteiger partial charge in [0.15, 0.2) is 0 Å². The van der Waals surface area contributed by atoms with Gasteiger partial charge in [-0.05, 0) is 38.9 Å². The summed E-state index contributed by atoms with van der Waals surface area (Å²) in [6.07, 6.45) is 0.750. The lowest BCUT2D eigenvalue weighted by Crippen LogP contribution is -2.45. The first-order chi connectivity index (χ1) is 8.79. The molecule has 0 aromatic heterocycles. The van der Waals surface area contributed by atoms with Crippen LogP contribution in [0.4, 0.5) is 0 Å². The number of hydrogen-bond acceptors (Lipinski definition) is 3. The molecule has 1 atom stereocenters. The van der Waals surface area contributed by atoms with Gasteiger partial charge in [0.05, 0.1) is 16.7 Å². The van der Waals surface area contributed by atoms with Gasteiger partial charge in [0.25, 0.3) is 0 Å². The number of rotatable bonds is 6. The summed E-state index contributed by atoms with van der Waals surface area (Å²) in [5.41, 5.74) is 6.78. The van der Waals surface area contributed by atoms with Gasteiger partial charge >= 0.3 is 0 Å². The third-order valence-electron chi connectivity index (χ3n) is 3.58. The molecule has 19 heavy (non-hydrogen) atoms. The molecule has 1 aromatic carbocycles. The molecular weight excluding hydrogens is 283 g/mol. The first-order valence-corrected chi connectivity index (χ1v) is 7.06. The van der Waals surface area contributed by atoms with Gasteiger partial charge in [-0.15, -0.1) is 0 Å². The van der Waals surface area contributed by atoms with E-state index in [9.17, 15) is 5.11 Å². The maximum Gasteiger partial charge on any atom is 0.0640 e. The van der Waals surface area contributed by atoms with Crippen molar-refractivity contribution in [1.29, 1.82) is 0 Å². The number of aliphatic hydroxyl groups excluding tert-OH is 1. The predicted octanol–water partition coefficient (Wildman–Crippen LogP) is 3.09. The third kappa shape index (κ3) is 4.33. The Morgan fingerprint density at radius 2 is 2.00 bits per heavy atom. The monoisotopic (exact) mass is 304 g/mol. The molecular formula is C14H22Cl2N2O. The standard InChI is InChI=1S/C14H22Cl2N2O/c1-14(2,9-19)18(3)8-7-12(17)10-5-4-6-11(15)13(10)16/h4-6,12,19H,7-9,17H2,1-3H3. The highest BCUT2D eigenvalue weighted by molar-refractivity contribution is 6.42. The van der Waals surface area contributed by atoms with Crippen molar-refractivity contribution in [1.82, 2.24) is 4.90 Å². The summed E-state index contributed by atoms with van der Waals surface area (Å²) in [6, 6.07) is 5.34. The second-order valence-corrected chi connectivity index (χ2v) is 6.22. The largest absolute Gasteiger partial charge is 0.394 e. The van der Waals surface area contributed by atoms with Crippen molar-refractivity contribution in [3.05, 3.63) is 33.8 Å². The van der Waals surface area contributed by atoms with E-state index in [2.05, 4.69) is 4.90 Å². The zero-order valence-electron chi connectivity index (χ0n) is 11.7. The van der Waals surface area contributed by atoms with Gasteiger partial charge in [-0.3, -0.25) is 4.90 Å². The summed E-state index contributed by atoms with van der Waals surface area (Å²) in [5.74, 6) is 0. The summed E-state index contributed by atoms with van der Waals surface area (Å²) in [6.45, 7) is 4.87. The molecule has 0 radical (unpaired) electrons. The number of aliphatic hydroxyl groups is 1. The Kier molecular flexibility index (Phi) is 6.09. The van der Waals surface area contributed by atoms with Crippen LogP contribution in [-0.2, 0) is 0 Å². The predicted molar refractivity (Wildman–Crippen MR) is 81.8 cm³/mol. The molecule has 108 valence electrons. The molecule has 0 aliphatic heterocycles. The van der Waals surface area contributed by atoms with E-state index in [1.807, 2.05) is 33.0 Å². The highest BCUT2D eigenvalue weighted by Crippen LogP contribution is 2.30. The van der Waals surface area contributed by atoms with E-state index >= 15 is 0 Å². The molecule has 0 bridgehead atoms. The molecule has 5 heteroatoms. The van der Waals surface area contributed by atoms with Crippen molar-refractivity contribution >= 4 is 23.2 Å². The van der Waals surface area contributed by atoms with E-state index in [4.69, 9.17) is 28.9 Å². The van der Waals surface area contributed by atoms with E-state index in [-0.39, 0.29) is 18.2 Å². The summed E-state index contributed by atoms with van der Waals surface area (Å²) < 4.78 is 0. The fraction of sp³-hybridized carbons (Fsp3) is 0.571. The number of halogens is 2. The summed E-state index contributed by atoms with van der Waals surface area (Å²) in [5, 5.41) is 10.4. The smallest absolute Gasteiger partial charge is 0.0640 e. The average Bonchev–Trinajstić information content (AvgIpc) is 2.38. The van der Waals surface area contributed by atoms with Crippen LogP contribution in [0.3, 0.4) is 0 Å². The van der Waals surface area contributed by atoms with Crippen LogP contribution in [0.25, 0.3) is 0 Å². The van der Waals surface area contributed by atoms with Crippen molar-refractivity contribution in [3.63, 3.8) is 0 Å². The van der Waals surface area contributed by atoms with Crippen molar-refractivity contribution in [2.75, 3.05) is 20.2 Å². The first kappa shape index (κ1) is 16.7. The molecule has 0 aliphatic rings. The minimum absolute atomic E-state index is 0.108. The van der Waals surface area contributed by atoms with Crippen LogP contribution in [0.5, 0.6) is 0 Å². The number of nitrogens with two attached hydrogens (primary N) is 1. The van der Waals surface area contributed by atoms with Gasteiger partial charge in [-0.2, -0.15) is 0 Å². The lowest BCUT2D eigenvalue weighted by Gasteiger charge is -2.34. The fourth-order valence-corrected chi connectivity index (χ4v) is 2.17. The van der Waals surface area contributed by atoms with Crippen molar-refractivity contribution in [2.45, 2.75) is 31.8 Å². The van der Waals surface area contributed by atoms with Gasteiger partial charge in [0.1, 0.15) is 0 Å². The van der Waals surface area contributed by atoms with Crippen molar-refractivity contribution < 1.29 is 5.11 Å². The van der Waals surface area contributed by atoms with Gasteiger partial charge in [0.2, 0.25) is 0 Å². The lowest BCUT2D eigenvalue weighted by atomic mass is 10.0. The highest BCUT2D eigenvalue weighted by Gasteiger charge is 2.23. The second kappa shape index (κ2) is 6.91. The zero-order chi connectivity index (χ0) is 14.6. The first-order valence-electron chi connectivity index (χ1n) is 6.31. The topological polar surface area (TPSA) is 49.5 Å². The van der Waals surface area contributed by atoms with Crippen LogP contribution in [0.15, 0.2) is 18.2 Å². The molecule has 0 saturated carbocycles. The molecule has 0 spiro atoms. The minimum atomic E-state index is -0.252. The van der Waals surface area contributed by atoms with E-state index in [1.165, 1.54) is 0 Å². The quantitative estimate of drug-likeness (QED) is 0.849. The molecule has 0 fully saturated rings. The molecule has 3 N–H and O–H groups in total. The van der Waals surface area contributed by atoms with Gasteiger partial charge in [-0.25, -0.2) is 0 Å². The second-order valence-electron chi connectivity index (χ2n) is 5.43. The minimum Gasteiger partial charge on any atom is -0.394 e. The Hall–Kier alpha value is -0.320. The molecule has 1 unspecified atom stereocenters. The SMILES string of the molecule is CN(CCC(N)c1cccc(Cl)c1Cl)C(C)(C)CO. The third-order valence-corrected chi connectivity index (χ3v) is 4.41. The van der Waals surface area contributed by atoms with Crippen LogP contribution < -0.4 is 5.73 Å². The Labute approximate surface area is 125 Å². The Morgan fingerprint density at radius 1 is 1.37 bits per heavy atom. The maximum absolute atomic E-state index is 9.32. The molecule has 3 nitrogen and oxygen atoms in total. The summed E-state index contributed by atoms with van der Waals surface area (Å²) in [7, 11) is 1.97. The summed E-state index contributed by atoms with van der Waals surface area (Å²) in [4.78, 5) is 2.09. The summed E-state index contributed by atoms with van der Waals surface area (Å²) >= 11 is 12.1. The average molecular weight is 305 g/mol. The van der Waals surface area contributed by atoms with Crippen LogP contribution in [0.2, 0.25) is 10.0 Å². The van der Waals surface area contributed by atoms with Gasteiger partial charge < -0.3 is 10.8 Å². The molecule has 1 aromatic rings. The normalized spacial score (nSPS) is 13.9. The fourth-order valence-electron chi connectivity index (χ4n) is 1.72. The van der Waals surface area contributed by atoms with Gasteiger partial charge in [-0.1, -0.05) is 35.3 Å². The van der Waals surface area contributed by atoms with E-state index in [0.717, 1.165) is 18.5 Å². The van der Waals surface area contributed by atoms with Crippen molar-refractivity contribution in [2.24, 2.45) is 5.73 Å². The molecule has 0 heterocycles. The highest BCUT2D eigenvalue weighted by atomic mass is 35.5. The number of likely N-dealkylation sites (N-methyl/N-ethyl adjacent to an activating group) is 1. The van der Waals surface area contributed by atoms with Crippen LogP contribution in [0.1, 0.15) is 31.9 Å². The van der Waals surface area contributed by atoms with Gasteiger partial charge in [0, 0.05) is 18.1 Å². The Bertz CT molecular complexity index is 424. The molecule has 1 rings (SSSR count). The van der Waals surface area contributed by atoms with Crippen LogP contribution in [0, 0.1) is 0 Å². The van der Waals surface area contributed by atoms with Crippen LogP contribution in [-0.4, -0.2) is 35.7 Å². The van der Waals surface area contributed by atoms with E-state index < -0.39 is 0 Å².